The molecule has 4 atom stereocenters. The number of hydrogen-bond acceptors (Lipinski definition) is 8. The van der Waals surface area contributed by atoms with Gasteiger partial charge in [0.15, 0.2) is 17.2 Å². The number of carbonyl (C=O) groups is 3. The average molecular weight is 595 g/mol. The second-order valence-corrected chi connectivity index (χ2v) is 10.9. The van der Waals surface area contributed by atoms with E-state index in [2.05, 4.69) is 22.6 Å². The summed E-state index contributed by atoms with van der Waals surface area (Å²) >= 11 is 2.17. The number of aliphatic hydroxyl groups is 3. The summed E-state index contributed by atoms with van der Waals surface area (Å²) in [5.41, 5.74) is -1.91. The van der Waals surface area contributed by atoms with Gasteiger partial charge in [-0.25, -0.2) is 0 Å². The number of Topliss-reactive ketones (excluding diaryl/α,β-unsaturated/α-hetero) is 3. The van der Waals surface area contributed by atoms with Crippen LogP contribution in [0.1, 0.15) is 49.0 Å². The summed E-state index contributed by atoms with van der Waals surface area (Å²) in [6.45, 7) is 3.60. The number of ketones is 3. The van der Waals surface area contributed by atoms with Gasteiger partial charge >= 0.3 is 0 Å². The normalized spacial score (nSPS) is 28.1. The highest BCUT2D eigenvalue weighted by molar-refractivity contribution is 14.1. The molecule has 1 aromatic rings. The molecule has 8 nitrogen and oxygen atoms in total. The first-order chi connectivity index (χ1) is 16.5. The summed E-state index contributed by atoms with van der Waals surface area (Å²) in [4.78, 5) is 41.1. The van der Waals surface area contributed by atoms with Crippen molar-refractivity contribution in [2.24, 2.45) is 11.8 Å². The number of ether oxygens (including phenoxy) is 1. The summed E-state index contributed by atoms with van der Waals surface area (Å²) in [5, 5.41) is 34.0. The molecule has 0 spiro atoms. The van der Waals surface area contributed by atoms with Gasteiger partial charge in [-0.05, 0) is 86.5 Å². The number of benzene rings is 1. The van der Waals surface area contributed by atoms with Crippen LogP contribution in [0.2, 0.25) is 0 Å². The number of carbonyl (C=O) groups excluding carboxylic acids is 3. The molecule has 0 aromatic heterocycles. The van der Waals surface area contributed by atoms with Crippen LogP contribution in [0.25, 0.3) is 0 Å². The Balaban J connectivity index is 1.90. The van der Waals surface area contributed by atoms with E-state index in [9.17, 15) is 29.7 Å². The van der Waals surface area contributed by atoms with Crippen molar-refractivity contribution in [1.82, 2.24) is 4.90 Å². The molecule has 0 heterocycles. The van der Waals surface area contributed by atoms with E-state index in [4.69, 9.17) is 4.74 Å². The van der Waals surface area contributed by atoms with E-state index in [1.165, 1.54) is 0 Å². The molecule has 35 heavy (non-hydrogen) atoms. The second-order valence-electron chi connectivity index (χ2n) is 9.76. The molecule has 3 N–H and O–H groups in total. The van der Waals surface area contributed by atoms with Crippen LogP contribution in [0, 0.1) is 15.4 Å². The van der Waals surface area contributed by atoms with Crippen molar-refractivity contribution >= 4 is 39.9 Å². The monoisotopic (exact) mass is 595 g/mol. The van der Waals surface area contributed by atoms with E-state index >= 15 is 0 Å². The zero-order chi connectivity index (χ0) is 25.8. The lowest BCUT2D eigenvalue weighted by Crippen LogP contribution is -2.63. The fourth-order valence-corrected chi connectivity index (χ4v) is 6.42. The largest absolute Gasteiger partial charge is 0.510 e. The second kappa shape index (κ2) is 9.33. The first kappa shape index (κ1) is 25.8. The maximum Gasteiger partial charge on any atom is 0.209 e. The SMILES string of the molecule is CCCCOc1ccc(I)c2c1C(=O)C1=C(O)[C@]3(O)C(=O)C(C(C)=O)=C(O)[C@@H](N(C)C)[C@@H]3C[C@@H]1C2. The van der Waals surface area contributed by atoms with Gasteiger partial charge in [-0.2, -0.15) is 0 Å². The zero-order valence-corrected chi connectivity index (χ0v) is 22.4. The van der Waals surface area contributed by atoms with Gasteiger partial charge in [0.25, 0.3) is 0 Å². The van der Waals surface area contributed by atoms with Crippen LogP contribution in [0.5, 0.6) is 5.75 Å². The van der Waals surface area contributed by atoms with Crippen molar-refractivity contribution < 1.29 is 34.4 Å². The lowest BCUT2D eigenvalue weighted by Gasteiger charge is -2.50. The van der Waals surface area contributed by atoms with Crippen LogP contribution in [0.15, 0.2) is 34.8 Å². The highest BCUT2D eigenvalue weighted by Crippen LogP contribution is 2.52. The maximum atomic E-state index is 13.8. The number of allylic oxidation sites excluding steroid dienone is 1. The molecular weight excluding hydrogens is 565 g/mol. The topological polar surface area (TPSA) is 124 Å². The molecule has 0 bridgehead atoms. The third-order valence-corrected chi connectivity index (χ3v) is 8.40. The smallest absolute Gasteiger partial charge is 0.209 e. The third kappa shape index (κ3) is 3.82. The van der Waals surface area contributed by atoms with Crippen molar-refractivity contribution in [2.75, 3.05) is 20.7 Å². The summed E-state index contributed by atoms with van der Waals surface area (Å²) in [6.07, 6.45) is 2.32. The molecule has 1 aromatic carbocycles. The van der Waals surface area contributed by atoms with Crippen molar-refractivity contribution in [3.05, 3.63) is 49.5 Å². The Kier molecular flexibility index (Phi) is 6.89. The summed E-state index contributed by atoms with van der Waals surface area (Å²) in [5.74, 6) is -4.42. The average Bonchev–Trinajstić information content (AvgIpc) is 2.77. The number of nitrogens with zero attached hydrogens (tertiary/aromatic N) is 1. The van der Waals surface area contributed by atoms with E-state index in [-0.39, 0.29) is 12.0 Å². The lowest BCUT2D eigenvalue weighted by atomic mass is 9.58. The number of rotatable bonds is 6. The first-order valence-corrected chi connectivity index (χ1v) is 12.8. The lowest BCUT2D eigenvalue weighted by molar-refractivity contribution is -0.148. The minimum Gasteiger partial charge on any atom is -0.510 e. The Morgan fingerprint density at radius 2 is 1.94 bits per heavy atom. The Morgan fingerprint density at radius 3 is 2.54 bits per heavy atom. The van der Waals surface area contributed by atoms with Crippen LogP contribution in [-0.4, -0.2) is 69.9 Å². The van der Waals surface area contributed by atoms with Gasteiger partial charge in [0.05, 0.1) is 18.2 Å². The van der Waals surface area contributed by atoms with Crippen LogP contribution in [0.3, 0.4) is 0 Å². The number of likely N-dealkylation sites (N-methyl/N-ethyl adjacent to an activating group) is 1. The summed E-state index contributed by atoms with van der Waals surface area (Å²) < 4.78 is 6.79. The predicted molar refractivity (Wildman–Crippen MR) is 137 cm³/mol. The number of aliphatic hydroxyl groups excluding tert-OH is 2. The van der Waals surface area contributed by atoms with Gasteiger partial charge in [0.2, 0.25) is 5.78 Å². The molecule has 3 aliphatic rings. The number of unbranched alkanes of at least 4 members (excludes halogenated alkanes) is 1. The Morgan fingerprint density at radius 1 is 1.26 bits per heavy atom. The maximum absolute atomic E-state index is 13.8. The fourth-order valence-electron chi connectivity index (χ4n) is 5.75. The Bertz CT molecular complexity index is 1180. The minimum absolute atomic E-state index is 0.0197. The summed E-state index contributed by atoms with van der Waals surface area (Å²) in [6, 6.07) is 2.73. The molecule has 0 aliphatic heterocycles. The first-order valence-electron chi connectivity index (χ1n) is 11.8. The van der Waals surface area contributed by atoms with E-state index < -0.39 is 57.9 Å². The molecule has 0 saturated carbocycles. The van der Waals surface area contributed by atoms with Crippen LogP contribution < -0.4 is 4.74 Å². The molecule has 0 unspecified atom stereocenters. The van der Waals surface area contributed by atoms with Crippen LogP contribution in [-0.2, 0) is 16.0 Å². The number of hydrogen-bond donors (Lipinski definition) is 3. The number of halogens is 1. The molecule has 4 rings (SSSR count). The Labute approximate surface area is 217 Å². The van der Waals surface area contributed by atoms with E-state index in [0.29, 0.717) is 24.3 Å². The van der Waals surface area contributed by atoms with E-state index in [1.54, 1.807) is 25.1 Å². The van der Waals surface area contributed by atoms with Crippen molar-refractivity contribution in [3.63, 3.8) is 0 Å². The fraction of sp³-hybridized carbons (Fsp3) is 0.500. The van der Waals surface area contributed by atoms with Crippen molar-refractivity contribution in [2.45, 2.75) is 51.2 Å². The molecule has 0 fully saturated rings. The van der Waals surface area contributed by atoms with Crippen molar-refractivity contribution in [1.29, 1.82) is 0 Å². The summed E-state index contributed by atoms with van der Waals surface area (Å²) in [7, 11) is 3.32. The highest BCUT2D eigenvalue weighted by atomic mass is 127. The van der Waals surface area contributed by atoms with Gasteiger partial charge in [-0.1, -0.05) is 13.3 Å². The highest BCUT2D eigenvalue weighted by Gasteiger charge is 2.63. The molecule has 3 aliphatic carbocycles. The van der Waals surface area contributed by atoms with Gasteiger partial charge in [-0.15, -0.1) is 0 Å². The number of fused-ring (bicyclic) bond motifs is 3. The Hall–Kier alpha value is -2.24. The van der Waals surface area contributed by atoms with Gasteiger partial charge in [0, 0.05) is 15.1 Å². The minimum atomic E-state index is -2.49. The third-order valence-electron chi connectivity index (χ3n) is 7.39. The standard InChI is InChI=1S/C26H30INO7/c1-5-6-9-35-17-8-7-16(27)14-10-13-11-15-21(28(3)4)23(31)18(12(2)29)24(32)26(15,34)25(33)19(13)22(30)20(14)17/h7-8,13,15,21,31,33-34H,5-6,9-11H2,1-4H3/t13-,15-,21-,26+/m0/s1. The molecule has 9 heteroatoms. The van der Waals surface area contributed by atoms with Crippen LogP contribution >= 0.6 is 22.6 Å². The molecular formula is C26H30INO7. The molecule has 0 amide bonds. The molecule has 0 radical (unpaired) electrons. The van der Waals surface area contributed by atoms with E-state index in [0.717, 1.165) is 28.9 Å². The quantitative estimate of drug-likeness (QED) is 0.260. The van der Waals surface area contributed by atoms with Crippen LogP contribution in [0.4, 0.5) is 0 Å². The zero-order valence-electron chi connectivity index (χ0n) is 20.2. The molecule has 188 valence electrons. The van der Waals surface area contributed by atoms with E-state index in [1.807, 2.05) is 13.0 Å². The van der Waals surface area contributed by atoms with Gasteiger partial charge < -0.3 is 20.1 Å². The van der Waals surface area contributed by atoms with Gasteiger partial charge in [0.1, 0.15) is 22.8 Å². The van der Waals surface area contributed by atoms with Gasteiger partial charge in [-0.3, -0.25) is 19.3 Å². The molecule has 0 saturated heterocycles. The predicted octanol–water partition coefficient (Wildman–Crippen LogP) is 3.30. The van der Waals surface area contributed by atoms with Crippen molar-refractivity contribution in [3.8, 4) is 5.75 Å².